The number of amides is 2. The Morgan fingerprint density at radius 2 is 1.92 bits per heavy atom. The molecule has 1 saturated heterocycles. The summed E-state index contributed by atoms with van der Waals surface area (Å²) < 4.78 is 16.4. The molecule has 2 N–H and O–H groups in total. The summed E-state index contributed by atoms with van der Waals surface area (Å²) in [6, 6.07) is 8.24. The minimum Gasteiger partial charge on any atom is -0.348 e. The monoisotopic (exact) mass is 512 g/mol. The second-order valence-corrected chi connectivity index (χ2v) is 9.60. The molecule has 12 heteroatoms. The van der Waals surface area contributed by atoms with Gasteiger partial charge >= 0.3 is 5.69 Å². The predicted octanol–water partition coefficient (Wildman–Crippen LogP) is 1.73. The third-order valence-electron chi connectivity index (χ3n) is 6.27. The summed E-state index contributed by atoms with van der Waals surface area (Å²) in [6.07, 6.45) is 1.39. The third kappa shape index (κ3) is 4.15. The molecule has 1 fully saturated rings. The number of aromatic nitrogens is 4. The zero-order valence-electron chi connectivity index (χ0n) is 19.5. The van der Waals surface area contributed by atoms with Gasteiger partial charge < -0.3 is 15.2 Å². The zero-order chi connectivity index (χ0) is 25.8. The molecule has 0 aliphatic carbocycles. The molecule has 0 saturated carbocycles. The van der Waals surface area contributed by atoms with Gasteiger partial charge in [0.05, 0.1) is 30.3 Å². The molecule has 1 aliphatic heterocycles. The average Bonchev–Trinajstić information content (AvgIpc) is 3.11. The van der Waals surface area contributed by atoms with Crippen molar-refractivity contribution in [1.82, 2.24) is 29.3 Å². The molecule has 1 aromatic carbocycles. The predicted molar refractivity (Wildman–Crippen MR) is 132 cm³/mol. The van der Waals surface area contributed by atoms with Crippen LogP contribution in [-0.4, -0.2) is 54.6 Å². The maximum atomic E-state index is 14.0. The number of pyridine rings is 2. The van der Waals surface area contributed by atoms with Gasteiger partial charge in [-0.2, -0.15) is 0 Å². The first-order valence-electron chi connectivity index (χ1n) is 11.1. The van der Waals surface area contributed by atoms with Crippen LogP contribution in [-0.2, 0) is 24.9 Å². The molecule has 36 heavy (non-hydrogen) atoms. The lowest BCUT2D eigenvalue weighted by atomic mass is 9.99. The second kappa shape index (κ2) is 8.59. The van der Waals surface area contributed by atoms with Crippen molar-refractivity contribution >= 4 is 45.5 Å². The lowest BCUT2D eigenvalue weighted by molar-refractivity contribution is -0.144. The number of nitrogens with zero attached hydrogens (tertiary/aromatic N) is 4. The van der Waals surface area contributed by atoms with Crippen molar-refractivity contribution in [2.24, 2.45) is 7.05 Å². The topological polar surface area (TPSA) is 122 Å². The molecule has 3 aromatic heterocycles. The van der Waals surface area contributed by atoms with Crippen LogP contribution in [0.5, 0.6) is 0 Å². The van der Waals surface area contributed by atoms with E-state index in [-0.39, 0.29) is 30.8 Å². The Bertz CT molecular complexity index is 1650. The molecule has 0 radical (unpaired) electrons. The molecule has 186 valence electrons. The van der Waals surface area contributed by atoms with Crippen molar-refractivity contribution in [2.75, 3.05) is 13.1 Å². The highest BCUT2D eigenvalue weighted by Crippen LogP contribution is 2.25. The highest BCUT2D eigenvalue weighted by Gasteiger charge is 2.41. The lowest BCUT2D eigenvalue weighted by Crippen LogP contribution is -2.60. The maximum absolute atomic E-state index is 14.0. The number of nitrogens with one attached hydrogen (secondary N) is 2. The highest BCUT2D eigenvalue weighted by molar-refractivity contribution is 6.30. The fraction of sp³-hybridized carbons (Fsp3) is 0.292. The van der Waals surface area contributed by atoms with Crippen LogP contribution in [0.25, 0.3) is 22.1 Å². The average molecular weight is 513 g/mol. The largest absolute Gasteiger partial charge is 0.348 e. The van der Waals surface area contributed by atoms with E-state index in [4.69, 9.17) is 11.6 Å². The van der Waals surface area contributed by atoms with Crippen LogP contribution in [0.2, 0.25) is 5.02 Å². The van der Waals surface area contributed by atoms with Gasteiger partial charge in [0.15, 0.2) is 0 Å². The zero-order valence-corrected chi connectivity index (χ0v) is 20.2. The number of likely N-dealkylation sites (tertiary alicyclic amines) is 1. The molecule has 4 heterocycles. The number of H-pyrrole nitrogens is 1. The fourth-order valence-electron chi connectivity index (χ4n) is 4.41. The molecule has 0 atom stereocenters. The van der Waals surface area contributed by atoms with E-state index >= 15 is 0 Å². The van der Waals surface area contributed by atoms with Crippen molar-refractivity contribution in [3.05, 3.63) is 73.5 Å². The van der Waals surface area contributed by atoms with E-state index in [1.54, 1.807) is 31.3 Å². The van der Waals surface area contributed by atoms with Crippen molar-refractivity contribution in [2.45, 2.75) is 25.7 Å². The van der Waals surface area contributed by atoms with Crippen LogP contribution in [0.1, 0.15) is 22.8 Å². The lowest BCUT2D eigenvalue weighted by Gasteiger charge is -2.42. The molecule has 10 nitrogen and oxygen atoms in total. The van der Waals surface area contributed by atoms with Gasteiger partial charge in [-0.25, -0.2) is 14.2 Å². The van der Waals surface area contributed by atoms with Gasteiger partial charge in [0.1, 0.15) is 23.4 Å². The first kappa shape index (κ1) is 23.7. The SMILES string of the molecule is Cn1c(=O)[nH]c2cnc3c(cc(C(=O)NCc4ccc(Cl)cc4)c(=O)n3CC(=O)N3CC(C)(F)C3)c21. The van der Waals surface area contributed by atoms with Crippen LogP contribution in [0, 0.1) is 0 Å². The summed E-state index contributed by atoms with van der Waals surface area (Å²) >= 11 is 5.90. The molecule has 4 aromatic rings. The van der Waals surface area contributed by atoms with Gasteiger partial charge in [-0.15, -0.1) is 0 Å². The van der Waals surface area contributed by atoms with E-state index in [0.717, 1.165) is 10.1 Å². The van der Waals surface area contributed by atoms with E-state index in [0.29, 0.717) is 21.4 Å². The fourth-order valence-corrected chi connectivity index (χ4v) is 4.53. The molecule has 1 aliphatic rings. The number of aryl methyl sites for hydroxylation is 1. The minimum atomic E-state index is -1.47. The molecule has 0 unspecified atom stereocenters. The van der Waals surface area contributed by atoms with Gasteiger partial charge in [0, 0.05) is 24.0 Å². The number of carbonyl (C=O) groups excluding carboxylic acids is 2. The number of fused-ring (bicyclic) bond motifs is 3. The number of benzene rings is 1. The maximum Gasteiger partial charge on any atom is 0.326 e. The van der Waals surface area contributed by atoms with Crippen LogP contribution < -0.4 is 16.6 Å². The summed E-state index contributed by atoms with van der Waals surface area (Å²) in [5.41, 5.74) is -1.06. The Balaban J connectivity index is 1.59. The molecule has 2 amide bonds. The van der Waals surface area contributed by atoms with E-state index in [1.807, 2.05) is 0 Å². The molecule has 0 bridgehead atoms. The van der Waals surface area contributed by atoms with E-state index < -0.39 is 35.3 Å². The summed E-state index contributed by atoms with van der Waals surface area (Å²) in [7, 11) is 1.55. The quantitative estimate of drug-likeness (QED) is 0.422. The van der Waals surface area contributed by atoms with Crippen molar-refractivity contribution in [1.29, 1.82) is 0 Å². The number of aromatic amines is 1. The van der Waals surface area contributed by atoms with Gasteiger partial charge in [0.25, 0.3) is 11.5 Å². The number of hydrogen-bond acceptors (Lipinski definition) is 5. The van der Waals surface area contributed by atoms with E-state index in [2.05, 4.69) is 15.3 Å². The van der Waals surface area contributed by atoms with Gasteiger partial charge in [-0.3, -0.25) is 23.5 Å². The van der Waals surface area contributed by atoms with E-state index in [9.17, 15) is 23.6 Å². The van der Waals surface area contributed by atoms with Gasteiger partial charge in [0.2, 0.25) is 5.91 Å². The van der Waals surface area contributed by atoms with Crippen LogP contribution in [0.4, 0.5) is 4.39 Å². The number of imidazole rings is 1. The summed E-state index contributed by atoms with van der Waals surface area (Å²) in [4.78, 5) is 59.9. The molecular weight excluding hydrogens is 491 g/mol. The third-order valence-corrected chi connectivity index (χ3v) is 6.52. The number of carbonyl (C=O) groups is 2. The number of hydrogen-bond donors (Lipinski definition) is 2. The summed E-state index contributed by atoms with van der Waals surface area (Å²) in [6.45, 7) is 0.948. The Labute approximate surface area is 208 Å². The summed E-state index contributed by atoms with van der Waals surface area (Å²) in [5.74, 6) is -1.13. The van der Waals surface area contributed by atoms with Crippen molar-refractivity contribution in [3.8, 4) is 0 Å². The van der Waals surface area contributed by atoms with Crippen LogP contribution >= 0.6 is 11.6 Å². The normalized spacial score (nSPS) is 14.7. The molecule has 0 spiro atoms. The smallest absolute Gasteiger partial charge is 0.326 e. The number of rotatable bonds is 5. The Morgan fingerprint density at radius 3 is 2.58 bits per heavy atom. The first-order valence-corrected chi connectivity index (χ1v) is 11.5. The number of alkyl halides is 1. The molecule has 5 rings (SSSR count). The van der Waals surface area contributed by atoms with Crippen LogP contribution in [0.3, 0.4) is 0 Å². The highest BCUT2D eigenvalue weighted by atomic mass is 35.5. The van der Waals surface area contributed by atoms with Crippen LogP contribution in [0.15, 0.2) is 46.1 Å². The first-order chi connectivity index (χ1) is 17.0. The standard InChI is InChI=1S/C24H22ClFN6O4/c1-24(26)11-31(12-24)18(33)10-32-20-15(19-17(9-27-20)29-23(36)30(19)2)7-16(22(32)35)21(34)28-8-13-3-5-14(25)6-4-13/h3-7,9H,8,10-12H2,1-2H3,(H,28,34)(H,29,36). The van der Waals surface area contributed by atoms with Gasteiger partial charge in [-0.05, 0) is 30.7 Å². The van der Waals surface area contributed by atoms with Gasteiger partial charge in [-0.1, -0.05) is 23.7 Å². The summed E-state index contributed by atoms with van der Waals surface area (Å²) in [5, 5.41) is 3.60. The Hall–Kier alpha value is -3.99. The van der Waals surface area contributed by atoms with Crippen molar-refractivity contribution < 1.29 is 14.0 Å². The van der Waals surface area contributed by atoms with Crippen molar-refractivity contribution in [3.63, 3.8) is 0 Å². The molecular formula is C24H22ClFN6O4. The Morgan fingerprint density at radius 1 is 1.22 bits per heavy atom. The number of halogens is 2. The van der Waals surface area contributed by atoms with E-state index in [1.165, 1.54) is 28.7 Å². The Kier molecular flexibility index (Phi) is 5.67. The minimum absolute atomic E-state index is 0.0796. The second-order valence-electron chi connectivity index (χ2n) is 9.17.